The van der Waals surface area contributed by atoms with Gasteiger partial charge in [-0.05, 0) is 42.3 Å². The van der Waals surface area contributed by atoms with E-state index in [1.165, 1.54) is 15.7 Å². The van der Waals surface area contributed by atoms with Crippen molar-refractivity contribution >= 4 is 28.2 Å². The molecule has 0 saturated carbocycles. The molecular weight excluding hydrogens is 364 g/mol. The molecule has 0 radical (unpaired) electrons. The third-order valence-electron chi connectivity index (χ3n) is 4.96. The monoisotopic (exact) mass is 392 g/mol. The number of benzene rings is 3. The molecular formula is C24H28N2OS. The van der Waals surface area contributed by atoms with Gasteiger partial charge in [-0.1, -0.05) is 73.6 Å². The van der Waals surface area contributed by atoms with Gasteiger partial charge in [0.1, 0.15) is 12.3 Å². The average molecular weight is 393 g/mol. The van der Waals surface area contributed by atoms with Crippen LogP contribution in [0.15, 0.2) is 76.8 Å². The van der Waals surface area contributed by atoms with Gasteiger partial charge in [-0.2, -0.15) is 0 Å². The van der Waals surface area contributed by atoms with Crippen LogP contribution < -0.4 is 0 Å². The van der Waals surface area contributed by atoms with Gasteiger partial charge >= 0.3 is 0 Å². The van der Waals surface area contributed by atoms with Crippen molar-refractivity contribution in [2.45, 2.75) is 18.7 Å². The van der Waals surface area contributed by atoms with E-state index in [1.54, 1.807) is 11.8 Å². The molecule has 3 aromatic carbocycles. The number of oxime groups is 1. The lowest BCUT2D eigenvalue weighted by Gasteiger charge is -2.17. The minimum absolute atomic E-state index is 0.582. The Morgan fingerprint density at radius 2 is 1.64 bits per heavy atom. The van der Waals surface area contributed by atoms with E-state index in [2.05, 4.69) is 96.9 Å². The van der Waals surface area contributed by atoms with Crippen LogP contribution in [0.25, 0.3) is 10.8 Å². The van der Waals surface area contributed by atoms with Crippen molar-refractivity contribution in [2.75, 3.05) is 32.5 Å². The summed E-state index contributed by atoms with van der Waals surface area (Å²) in [5.74, 6) is 0. The molecule has 0 atom stereocenters. The molecule has 0 aliphatic heterocycles. The maximum Gasteiger partial charge on any atom is 0.129 e. The largest absolute Gasteiger partial charge is 0.394 e. The van der Waals surface area contributed by atoms with Crippen molar-refractivity contribution in [3.05, 3.63) is 77.9 Å². The van der Waals surface area contributed by atoms with Crippen LogP contribution >= 0.6 is 11.8 Å². The molecule has 0 N–H and O–H groups in total. The van der Waals surface area contributed by atoms with Crippen molar-refractivity contribution in [1.29, 1.82) is 0 Å². The fourth-order valence-electron chi connectivity index (χ4n) is 3.26. The van der Waals surface area contributed by atoms with Gasteiger partial charge in [0.25, 0.3) is 0 Å². The Labute approximate surface area is 172 Å². The van der Waals surface area contributed by atoms with Gasteiger partial charge < -0.3 is 9.74 Å². The first kappa shape index (κ1) is 20.4. The summed E-state index contributed by atoms with van der Waals surface area (Å²) in [6, 6.07) is 23.3. The molecule has 0 heterocycles. The molecule has 0 fully saturated rings. The van der Waals surface area contributed by atoms with Gasteiger partial charge in [0.05, 0.1) is 0 Å². The number of hydrogen-bond donors (Lipinski definition) is 0. The molecule has 0 spiro atoms. The summed E-state index contributed by atoms with van der Waals surface area (Å²) in [7, 11) is 0. The predicted octanol–water partition coefficient (Wildman–Crippen LogP) is 5.67. The Morgan fingerprint density at radius 1 is 0.929 bits per heavy atom. The average Bonchev–Trinajstić information content (AvgIpc) is 2.76. The molecule has 0 aromatic heterocycles. The molecule has 0 saturated heterocycles. The van der Waals surface area contributed by atoms with Crippen molar-refractivity contribution in [3.8, 4) is 0 Å². The molecule has 0 aliphatic carbocycles. The smallest absolute Gasteiger partial charge is 0.129 e. The Hall–Kier alpha value is -2.30. The topological polar surface area (TPSA) is 24.8 Å². The van der Waals surface area contributed by atoms with Crippen molar-refractivity contribution in [1.82, 2.24) is 4.90 Å². The molecule has 0 amide bonds. The van der Waals surface area contributed by atoms with Gasteiger partial charge in [-0.25, -0.2) is 0 Å². The lowest BCUT2D eigenvalue weighted by molar-refractivity contribution is 0.114. The van der Waals surface area contributed by atoms with Crippen LogP contribution in [0.4, 0.5) is 0 Å². The SMILES string of the molecule is CCN(CC)CCON=C(c1ccc(SC)cc1)c1cccc2ccccc12. The summed E-state index contributed by atoms with van der Waals surface area (Å²) in [5.41, 5.74) is 3.04. The highest BCUT2D eigenvalue weighted by molar-refractivity contribution is 7.98. The highest BCUT2D eigenvalue weighted by atomic mass is 32.2. The van der Waals surface area contributed by atoms with Crippen molar-refractivity contribution < 1.29 is 4.84 Å². The van der Waals surface area contributed by atoms with Crippen molar-refractivity contribution in [2.24, 2.45) is 5.16 Å². The number of rotatable bonds is 9. The fraction of sp³-hybridized carbons (Fsp3) is 0.292. The number of hydrogen-bond acceptors (Lipinski definition) is 4. The first-order valence-corrected chi connectivity index (χ1v) is 11.0. The molecule has 0 bridgehead atoms. The highest BCUT2D eigenvalue weighted by Crippen LogP contribution is 2.23. The zero-order chi connectivity index (χ0) is 19.8. The lowest BCUT2D eigenvalue weighted by Crippen LogP contribution is -2.26. The lowest BCUT2D eigenvalue weighted by atomic mass is 9.97. The van der Waals surface area contributed by atoms with Crippen molar-refractivity contribution in [3.63, 3.8) is 0 Å². The van der Waals surface area contributed by atoms with Crippen LogP contribution in [0.2, 0.25) is 0 Å². The summed E-state index contributed by atoms with van der Waals surface area (Å²) in [4.78, 5) is 9.36. The standard InChI is InChI=1S/C24H28N2OS/c1-4-26(5-2)17-18-27-25-24(20-13-15-21(28-3)16-14-20)23-12-8-10-19-9-6-7-11-22(19)23/h6-16H,4-5,17-18H2,1-3H3. The van der Waals surface area contributed by atoms with E-state index in [4.69, 9.17) is 4.84 Å². The van der Waals surface area contributed by atoms with E-state index in [1.807, 2.05) is 0 Å². The molecule has 3 nitrogen and oxygen atoms in total. The van der Waals surface area contributed by atoms with E-state index in [0.717, 1.165) is 36.5 Å². The normalized spacial score (nSPS) is 11.9. The number of thioether (sulfide) groups is 1. The second-order valence-corrected chi connectivity index (χ2v) is 7.43. The summed E-state index contributed by atoms with van der Waals surface area (Å²) in [6.07, 6.45) is 2.09. The molecule has 4 heteroatoms. The Morgan fingerprint density at radius 3 is 2.36 bits per heavy atom. The maximum atomic E-state index is 5.79. The second kappa shape index (κ2) is 10.3. The van der Waals surface area contributed by atoms with E-state index in [-0.39, 0.29) is 0 Å². The highest BCUT2D eigenvalue weighted by Gasteiger charge is 2.12. The third-order valence-corrected chi connectivity index (χ3v) is 5.70. The van der Waals surface area contributed by atoms with Crippen LogP contribution in [0.1, 0.15) is 25.0 Å². The van der Waals surface area contributed by atoms with Crippen LogP contribution in [-0.2, 0) is 4.84 Å². The summed E-state index contributed by atoms with van der Waals surface area (Å²) < 4.78 is 0. The number of fused-ring (bicyclic) bond motifs is 1. The summed E-state index contributed by atoms with van der Waals surface area (Å²) >= 11 is 1.74. The number of nitrogens with zero attached hydrogens (tertiary/aromatic N) is 2. The minimum atomic E-state index is 0.582. The fourth-order valence-corrected chi connectivity index (χ4v) is 3.67. The molecule has 0 unspecified atom stereocenters. The molecule has 146 valence electrons. The van der Waals surface area contributed by atoms with Crippen LogP contribution in [0.3, 0.4) is 0 Å². The Balaban J connectivity index is 1.95. The quantitative estimate of drug-likeness (QED) is 0.203. The molecule has 3 rings (SSSR count). The summed E-state index contributed by atoms with van der Waals surface area (Å²) in [5, 5.41) is 6.98. The first-order valence-electron chi connectivity index (χ1n) is 9.81. The second-order valence-electron chi connectivity index (χ2n) is 6.56. The third kappa shape index (κ3) is 4.94. The van der Waals surface area contributed by atoms with Crippen LogP contribution in [0.5, 0.6) is 0 Å². The minimum Gasteiger partial charge on any atom is -0.394 e. The zero-order valence-electron chi connectivity index (χ0n) is 16.9. The van der Waals surface area contributed by atoms with E-state index < -0.39 is 0 Å². The van der Waals surface area contributed by atoms with E-state index in [9.17, 15) is 0 Å². The zero-order valence-corrected chi connectivity index (χ0v) is 17.7. The van der Waals surface area contributed by atoms with Gasteiger partial charge in [0.15, 0.2) is 0 Å². The van der Waals surface area contributed by atoms with Gasteiger partial charge in [-0.15, -0.1) is 11.8 Å². The molecule has 0 aliphatic rings. The van der Waals surface area contributed by atoms with E-state index >= 15 is 0 Å². The Kier molecular flexibility index (Phi) is 7.52. The molecule has 28 heavy (non-hydrogen) atoms. The first-order chi connectivity index (χ1) is 13.8. The predicted molar refractivity (Wildman–Crippen MR) is 122 cm³/mol. The Bertz CT molecular complexity index is 912. The van der Waals surface area contributed by atoms with Gasteiger partial charge in [0, 0.05) is 22.6 Å². The number of likely N-dealkylation sites (N-methyl/N-ethyl adjacent to an activating group) is 1. The van der Waals surface area contributed by atoms with E-state index in [0.29, 0.717) is 6.61 Å². The van der Waals surface area contributed by atoms with Gasteiger partial charge in [-0.3, -0.25) is 0 Å². The molecule has 3 aromatic rings. The van der Waals surface area contributed by atoms with Crippen LogP contribution in [0, 0.1) is 0 Å². The maximum absolute atomic E-state index is 5.79. The summed E-state index contributed by atoms with van der Waals surface area (Å²) in [6.45, 7) is 7.85. The van der Waals surface area contributed by atoms with Gasteiger partial charge in [0.2, 0.25) is 0 Å². The van der Waals surface area contributed by atoms with Crippen LogP contribution in [-0.4, -0.2) is 43.1 Å².